The van der Waals surface area contributed by atoms with Crippen molar-refractivity contribution in [3.8, 4) is 0 Å². The second-order valence-electron chi connectivity index (χ2n) is 14.4. The first-order valence-corrected chi connectivity index (χ1v) is 15.5. The molecule has 2 aromatic rings. The minimum atomic E-state index is -0.573. The van der Waals surface area contributed by atoms with Gasteiger partial charge in [0.05, 0.1) is 11.6 Å². The summed E-state index contributed by atoms with van der Waals surface area (Å²) in [7, 11) is 0. The summed E-state index contributed by atoms with van der Waals surface area (Å²) >= 11 is 0. The number of aromatic nitrogens is 2. The third-order valence-electron chi connectivity index (χ3n) is 9.80. The van der Waals surface area contributed by atoms with Gasteiger partial charge in [-0.2, -0.15) is 0 Å². The van der Waals surface area contributed by atoms with Crippen molar-refractivity contribution in [1.82, 2.24) is 24.9 Å². The molecule has 2 unspecified atom stereocenters. The number of likely N-dealkylation sites (tertiary alicyclic amines) is 1. The van der Waals surface area contributed by atoms with Gasteiger partial charge in [0.2, 0.25) is 5.91 Å². The highest BCUT2D eigenvalue weighted by molar-refractivity contribution is 5.93. The van der Waals surface area contributed by atoms with Gasteiger partial charge < -0.3 is 20.3 Å². The number of imidazole rings is 1. The Morgan fingerprint density at radius 1 is 1.10 bits per heavy atom. The van der Waals surface area contributed by atoms with Gasteiger partial charge in [-0.25, -0.2) is 9.78 Å². The quantitative estimate of drug-likeness (QED) is 0.520. The summed E-state index contributed by atoms with van der Waals surface area (Å²) in [5.41, 5.74) is 1.54. The van der Waals surface area contributed by atoms with Crippen molar-refractivity contribution in [2.24, 2.45) is 23.2 Å². The van der Waals surface area contributed by atoms with E-state index in [-0.39, 0.29) is 23.3 Å². The molecule has 5 fully saturated rings. The largest absolute Gasteiger partial charge is 0.444 e. The van der Waals surface area contributed by atoms with E-state index in [1.165, 1.54) is 38.5 Å². The van der Waals surface area contributed by atoms with E-state index < -0.39 is 17.6 Å². The van der Waals surface area contributed by atoms with Gasteiger partial charge in [0.15, 0.2) is 0 Å². The van der Waals surface area contributed by atoms with Crippen molar-refractivity contribution >= 4 is 23.6 Å². The highest BCUT2D eigenvalue weighted by Gasteiger charge is 2.50. The summed E-state index contributed by atoms with van der Waals surface area (Å²) in [4.78, 5) is 45.8. The number of amides is 3. The van der Waals surface area contributed by atoms with Gasteiger partial charge in [0.25, 0.3) is 5.91 Å². The molecule has 0 spiro atoms. The highest BCUT2D eigenvalue weighted by atomic mass is 16.6. The van der Waals surface area contributed by atoms with Crippen LogP contribution in [0, 0.1) is 23.2 Å². The number of hydrogen-bond acceptors (Lipinski definition) is 5. The Balaban J connectivity index is 1.11. The molecule has 9 nitrogen and oxygen atoms in total. The van der Waals surface area contributed by atoms with E-state index in [0.29, 0.717) is 30.1 Å². The summed E-state index contributed by atoms with van der Waals surface area (Å²) in [5.74, 6) is 1.96. The van der Waals surface area contributed by atoms with Crippen LogP contribution < -0.4 is 10.6 Å². The summed E-state index contributed by atoms with van der Waals surface area (Å²) in [6.45, 7) is 9.18. The maximum Gasteiger partial charge on any atom is 0.407 e. The van der Waals surface area contributed by atoms with Crippen LogP contribution in [0.25, 0.3) is 5.65 Å². The lowest BCUT2D eigenvalue weighted by Gasteiger charge is -2.56. The van der Waals surface area contributed by atoms with Crippen LogP contribution in [0.4, 0.5) is 4.79 Å². The molecule has 2 aromatic heterocycles. The zero-order chi connectivity index (χ0) is 28.9. The molecule has 2 N–H and O–H groups in total. The minimum Gasteiger partial charge on any atom is -0.444 e. The normalized spacial score (nSPS) is 29.8. The van der Waals surface area contributed by atoms with Crippen molar-refractivity contribution in [3.05, 3.63) is 35.8 Å². The van der Waals surface area contributed by atoms with Crippen LogP contribution in [-0.2, 0) is 9.53 Å². The molecule has 4 aliphatic carbocycles. The predicted molar refractivity (Wildman–Crippen MR) is 156 cm³/mol. The van der Waals surface area contributed by atoms with E-state index in [0.717, 1.165) is 37.1 Å². The molecule has 2 atom stereocenters. The van der Waals surface area contributed by atoms with Crippen molar-refractivity contribution in [3.63, 3.8) is 0 Å². The first-order valence-electron chi connectivity index (χ1n) is 15.5. The van der Waals surface area contributed by atoms with Gasteiger partial charge in [-0.3, -0.25) is 14.0 Å². The highest BCUT2D eigenvalue weighted by Crippen LogP contribution is 2.59. The molecule has 0 radical (unpaired) electrons. The fraction of sp³-hybridized carbons (Fsp3) is 0.688. The fourth-order valence-corrected chi connectivity index (χ4v) is 8.46. The SMILES string of the molecule is CC(C(=O)N1CCCC(NC(=O)OC(C)(C)C)C1)c1cn2c(C(=O)NCC34CC5CC(CC(C5)C3)C4)cccc2n1. The Morgan fingerprint density at radius 2 is 1.78 bits per heavy atom. The Kier molecular flexibility index (Phi) is 7.27. The van der Waals surface area contributed by atoms with Crippen LogP contribution in [0.2, 0.25) is 0 Å². The average molecular weight is 564 g/mol. The molecule has 3 heterocycles. The number of carbonyl (C=O) groups is 3. The number of rotatable bonds is 6. The summed E-state index contributed by atoms with van der Waals surface area (Å²) < 4.78 is 7.21. The number of ether oxygens (including phenoxy) is 1. The van der Waals surface area contributed by atoms with Gasteiger partial charge in [-0.05, 0) is 114 Å². The first-order chi connectivity index (χ1) is 19.5. The predicted octanol–water partition coefficient (Wildman–Crippen LogP) is 4.90. The standard InChI is InChI=1S/C32H45N5O4/c1-20(29(39)36-10-6-7-24(17-36)34-30(40)41-31(2,3)4)25-18-37-26(8-5-9-27(37)35-25)28(38)33-19-32-14-21-11-22(15-32)13-23(12-21)16-32/h5,8-9,18,20-24H,6-7,10-17,19H2,1-4H3,(H,33,38)(H,34,40). The third kappa shape index (κ3) is 5.95. The van der Waals surface area contributed by atoms with Gasteiger partial charge >= 0.3 is 6.09 Å². The van der Waals surface area contributed by atoms with Crippen molar-refractivity contribution in [2.45, 2.75) is 96.6 Å². The van der Waals surface area contributed by atoms with E-state index >= 15 is 0 Å². The van der Waals surface area contributed by atoms with E-state index in [1.54, 1.807) is 4.90 Å². The number of pyridine rings is 1. The fourth-order valence-electron chi connectivity index (χ4n) is 8.46. The van der Waals surface area contributed by atoms with Crippen LogP contribution in [0.3, 0.4) is 0 Å². The van der Waals surface area contributed by atoms with Crippen LogP contribution >= 0.6 is 0 Å². The summed E-state index contributed by atoms with van der Waals surface area (Å²) in [6.07, 6.45) is 10.9. The topological polar surface area (TPSA) is 105 Å². The molecule has 4 bridgehead atoms. The lowest BCUT2D eigenvalue weighted by Crippen LogP contribution is -2.51. The second-order valence-corrected chi connectivity index (χ2v) is 14.4. The van der Waals surface area contributed by atoms with E-state index in [2.05, 4.69) is 10.6 Å². The van der Waals surface area contributed by atoms with E-state index in [9.17, 15) is 14.4 Å². The first kappa shape index (κ1) is 28.0. The number of nitrogens with zero attached hydrogens (tertiary/aromatic N) is 3. The van der Waals surface area contributed by atoms with E-state index in [1.807, 2.05) is 56.5 Å². The number of piperidine rings is 1. The van der Waals surface area contributed by atoms with Gasteiger partial charge in [0.1, 0.15) is 16.9 Å². The zero-order valence-corrected chi connectivity index (χ0v) is 24.9. The summed E-state index contributed by atoms with van der Waals surface area (Å²) in [5, 5.41) is 6.20. The van der Waals surface area contributed by atoms with Crippen molar-refractivity contribution in [1.29, 1.82) is 0 Å². The van der Waals surface area contributed by atoms with Crippen molar-refractivity contribution in [2.75, 3.05) is 19.6 Å². The Labute approximate surface area is 242 Å². The number of hydrogen-bond donors (Lipinski definition) is 2. The number of alkyl carbamates (subject to hydrolysis) is 1. The molecule has 4 saturated carbocycles. The van der Waals surface area contributed by atoms with Crippen LogP contribution in [0.15, 0.2) is 24.4 Å². The van der Waals surface area contributed by atoms with Gasteiger partial charge in [0, 0.05) is 31.9 Å². The second kappa shape index (κ2) is 10.6. The minimum absolute atomic E-state index is 0.0306. The van der Waals surface area contributed by atoms with Crippen LogP contribution in [0.5, 0.6) is 0 Å². The van der Waals surface area contributed by atoms with Crippen LogP contribution in [0.1, 0.15) is 101 Å². The maximum atomic E-state index is 13.5. The number of carbonyl (C=O) groups excluding carboxylic acids is 3. The molecular formula is C32H45N5O4. The van der Waals surface area contributed by atoms with Crippen molar-refractivity contribution < 1.29 is 19.1 Å². The lowest BCUT2D eigenvalue weighted by molar-refractivity contribution is -0.133. The molecule has 0 aromatic carbocycles. The van der Waals surface area contributed by atoms with E-state index in [4.69, 9.17) is 9.72 Å². The zero-order valence-electron chi connectivity index (χ0n) is 24.9. The molecule has 3 amide bonds. The Hall–Kier alpha value is -3.10. The average Bonchev–Trinajstić information content (AvgIpc) is 3.34. The number of fused-ring (bicyclic) bond motifs is 1. The molecule has 41 heavy (non-hydrogen) atoms. The monoisotopic (exact) mass is 563 g/mol. The molecule has 9 heteroatoms. The third-order valence-corrected chi connectivity index (χ3v) is 9.80. The molecule has 222 valence electrons. The number of nitrogens with one attached hydrogen (secondary N) is 2. The Bertz CT molecular complexity index is 1290. The molecule has 1 aliphatic heterocycles. The molecule has 1 saturated heterocycles. The van der Waals surface area contributed by atoms with Crippen LogP contribution in [-0.4, -0.2) is 63.5 Å². The van der Waals surface area contributed by atoms with Gasteiger partial charge in [-0.1, -0.05) is 6.07 Å². The molecule has 7 rings (SSSR count). The Morgan fingerprint density at radius 3 is 2.44 bits per heavy atom. The smallest absolute Gasteiger partial charge is 0.407 e. The maximum absolute atomic E-state index is 13.5. The summed E-state index contributed by atoms with van der Waals surface area (Å²) in [6, 6.07) is 5.41. The van der Waals surface area contributed by atoms with Gasteiger partial charge in [-0.15, -0.1) is 0 Å². The molecule has 5 aliphatic rings. The molecular weight excluding hydrogens is 518 g/mol. The lowest BCUT2D eigenvalue weighted by atomic mass is 9.49.